The number of unbranched alkanes of at least 4 members (excludes halogenated alkanes) is 1. The van der Waals surface area contributed by atoms with E-state index >= 15 is 0 Å². The molecule has 0 atom stereocenters. The van der Waals surface area contributed by atoms with Crippen molar-refractivity contribution >= 4 is 34.3 Å². The van der Waals surface area contributed by atoms with Gasteiger partial charge in [0.15, 0.2) is 5.88 Å². The number of carbonyl (C=O) groups excluding carboxylic acids is 2. The lowest BCUT2D eigenvalue weighted by Gasteiger charge is -2.19. The molecule has 4 rings (SSSR count). The summed E-state index contributed by atoms with van der Waals surface area (Å²) in [5, 5.41) is 17.4. The molecule has 3 aromatic carbocycles. The maximum absolute atomic E-state index is 12.8. The van der Waals surface area contributed by atoms with E-state index in [1.54, 1.807) is 18.2 Å². The van der Waals surface area contributed by atoms with Crippen molar-refractivity contribution in [3.63, 3.8) is 0 Å². The van der Waals surface area contributed by atoms with Gasteiger partial charge in [-0.3, -0.25) is 4.79 Å². The third kappa shape index (κ3) is 7.28. The summed E-state index contributed by atoms with van der Waals surface area (Å²) in [6.45, 7) is 8.45. The Kier molecular flexibility index (Phi) is 8.89. The highest BCUT2D eigenvalue weighted by molar-refractivity contribution is 6.22. The molecule has 0 aliphatic heterocycles. The summed E-state index contributed by atoms with van der Waals surface area (Å²) in [5.74, 6) is -0.185. The predicted octanol–water partition coefficient (Wildman–Crippen LogP) is 6.60. The molecule has 0 fully saturated rings. The van der Waals surface area contributed by atoms with Gasteiger partial charge in [0, 0.05) is 35.1 Å². The lowest BCUT2D eigenvalue weighted by molar-refractivity contribution is 0.0523. The van der Waals surface area contributed by atoms with Crippen LogP contribution < -0.4 is 10.6 Å². The van der Waals surface area contributed by atoms with E-state index in [9.17, 15) is 14.7 Å². The molecule has 0 spiro atoms. The molecular weight excluding hydrogens is 504 g/mol. The van der Waals surface area contributed by atoms with Gasteiger partial charge in [-0.1, -0.05) is 55.8 Å². The lowest BCUT2D eigenvalue weighted by atomic mass is 9.99. The smallest absolute Gasteiger partial charge is 0.407 e. The zero-order valence-corrected chi connectivity index (χ0v) is 23.4. The molecule has 40 heavy (non-hydrogen) atoms. The van der Waals surface area contributed by atoms with Gasteiger partial charge in [-0.05, 0) is 63.1 Å². The Hall–Kier alpha value is -4.59. The fourth-order valence-electron chi connectivity index (χ4n) is 4.21. The summed E-state index contributed by atoms with van der Waals surface area (Å²) in [5.41, 5.74) is 4.09. The van der Waals surface area contributed by atoms with Crippen molar-refractivity contribution in [2.45, 2.75) is 52.7 Å². The normalized spacial score (nSPS) is 11.8. The Bertz CT molecular complexity index is 1500. The number of hydrogen-bond donors (Lipinski definition) is 4. The number of fused-ring (bicyclic) bond motifs is 1. The predicted molar refractivity (Wildman–Crippen MR) is 158 cm³/mol. The summed E-state index contributed by atoms with van der Waals surface area (Å²) in [7, 11) is 0. The van der Waals surface area contributed by atoms with E-state index in [-0.39, 0.29) is 11.8 Å². The molecule has 0 radical (unpaired) electrons. The standard InChI is InChI=1S/C32H36N4O4/c1-5-6-18-33-29(37)23-14-17-26-25(19-23)27(30(38)36-26)28(22-10-8-7-9-11-22)35-24-15-12-21(13-16-24)20-34-31(39)40-32(2,3)4/h7-17,19,36,38H,5-6,18,20H2,1-4H3,(H,33,37)(H,34,39). The molecule has 0 bridgehead atoms. The van der Waals surface area contributed by atoms with E-state index in [4.69, 9.17) is 9.73 Å². The van der Waals surface area contributed by atoms with Gasteiger partial charge in [0.05, 0.1) is 17.0 Å². The molecule has 1 heterocycles. The second kappa shape index (κ2) is 12.5. The van der Waals surface area contributed by atoms with Gasteiger partial charge in [0.1, 0.15) is 5.60 Å². The highest BCUT2D eigenvalue weighted by Gasteiger charge is 2.20. The number of aromatic amines is 1. The van der Waals surface area contributed by atoms with E-state index in [0.717, 1.165) is 24.0 Å². The minimum absolute atomic E-state index is 0.0284. The fourth-order valence-corrected chi connectivity index (χ4v) is 4.21. The number of aromatic nitrogens is 1. The first-order valence-electron chi connectivity index (χ1n) is 13.5. The molecule has 0 aliphatic rings. The molecular formula is C32H36N4O4. The average molecular weight is 541 g/mol. The van der Waals surface area contributed by atoms with Gasteiger partial charge in [0.2, 0.25) is 0 Å². The Labute approximate surface area is 234 Å². The number of H-pyrrole nitrogens is 1. The van der Waals surface area contributed by atoms with E-state index in [1.807, 2.05) is 75.4 Å². The number of rotatable bonds is 9. The summed E-state index contributed by atoms with van der Waals surface area (Å²) in [4.78, 5) is 32.7. The van der Waals surface area contributed by atoms with Crippen LogP contribution in [-0.4, -0.2) is 39.9 Å². The monoisotopic (exact) mass is 540 g/mol. The molecule has 0 unspecified atom stereocenters. The number of benzene rings is 3. The van der Waals surface area contributed by atoms with Gasteiger partial charge in [-0.25, -0.2) is 9.79 Å². The van der Waals surface area contributed by atoms with Gasteiger partial charge >= 0.3 is 6.09 Å². The van der Waals surface area contributed by atoms with Crippen molar-refractivity contribution in [2.24, 2.45) is 4.99 Å². The van der Waals surface area contributed by atoms with Crippen molar-refractivity contribution in [1.29, 1.82) is 0 Å². The third-order valence-corrected chi connectivity index (χ3v) is 6.15. The van der Waals surface area contributed by atoms with Crippen LogP contribution in [0.15, 0.2) is 77.8 Å². The number of carbonyl (C=O) groups is 2. The zero-order valence-electron chi connectivity index (χ0n) is 23.4. The Morgan fingerprint density at radius 2 is 1.68 bits per heavy atom. The van der Waals surface area contributed by atoms with Crippen LogP contribution in [0.2, 0.25) is 0 Å². The van der Waals surface area contributed by atoms with Crippen LogP contribution >= 0.6 is 0 Å². The van der Waals surface area contributed by atoms with Crippen LogP contribution in [0.3, 0.4) is 0 Å². The SMILES string of the molecule is CCCCNC(=O)c1ccc2[nH]c(O)c(C(=Nc3ccc(CNC(=O)OC(C)(C)C)cc3)c3ccccc3)c2c1. The minimum Gasteiger partial charge on any atom is -0.494 e. The molecule has 0 aliphatic carbocycles. The van der Waals surface area contributed by atoms with Crippen molar-refractivity contribution in [3.05, 3.63) is 95.1 Å². The number of amides is 2. The number of nitrogens with zero attached hydrogens (tertiary/aromatic N) is 1. The molecule has 0 saturated carbocycles. The highest BCUT2D eigenvalue weighted by atomic mass is 16.6. The van der Waals surface area contributed by atoms with Crippen LogP contribution in [0.4, 0.5) is 10.5 Å². The maximum atomic E-state index is 12.8. The number of nitrogens with one attached hydrogen (secondary N) is 3. The quantitative estimate of drug-likeness (QED) is 0.141. The largest absolute Gasteiger partial charge is 0.494 e. The summed E-state index contributed by atoms with van der Waals surface area (Å²) < 4.78 is 5.30. The van der Waals surface area contributed by atoms with Crippen molar-refractivity contribution in [1.82, 2.24) is 15.6 Å². The molecule has 2 amide bonds. The topological polar surface area (TPSA) is 116 Å². The number of aromatic hydroxyl groups is 1. The number of ether oxygens (including phenoxy) is 1. The first-order valence-corrected chi connectivity index (χ1v) is 13.5. The Morgan fingerprint density at radius 3 is 2.35 bits per heavy atom. The van der Waals surface area contributed by atoms with Crippen LogP contribution in [0.1, 0.15) is 67.6 Å². The Balaban J connectivity index is 1.67. The van der Waals surface area contributed by atoms with E-state index in [2.05, 4.69) is 22.5 Å². The molecule has 4 aromatic rings. The molecule has 0 saturated heterocycles. The van der Waals surface area contributed by atoms with Crippen LogP contribution in [-0.2, 0) is 11.3 Å². The van der Waals surface area contributed by atoms with Gasteiger partial charge in [-0.2, -0.15) is 0 Å². The summed E-state index contributed by atoms with van der Waals surface area (Å²) >= 11 is 0. The van der Waals surface area contributed by atoms with Gasteiger partial charge in [-0.15, -0.1) is 0 Å². The van der Waals surface area contributed by atoms with E-state index in [1.165, 1.54) is 0 Å². The van der Waals surface area contributed by atoms with Crippen molar-refractivity contribution < 1.29 is 19.4 Å². The van der Waals surface area contributed by atoms with Crippen LogP contribution in [0, 0.1) is 0 Å². The first-order chi connectivity index (χ1) is 19.1. The molecule has 8 nitrogen and oxygen atoms in total. The average Bonchev–Trinajstić information content (AvgIpc) is 3.25. The van der Waals surface area contributed by atoms with E-state index < -0.39 is 11.7 Å². The fraction of sp³-hybridized carbons (Fsp3) is 0.281. The minimum atomic E-state index is -0.565. The number of hydrogen-bond acceptors (Lipinski definition) is 5. The Morgan fingerprint density at radius 1 is 0.950 bits per heavy atom. The summed E-state index contributed by atoms with van der Waals surface area (Å²) in [6.07, 6.45) is 1.42. The van der Waals surface area contributed by atoms with E-state index in [0.29, 0.717) is 46.5 Å². The van der Waals surface area contributed by atoms with Gasteiger partial charge < -0.3 is 25.5 Å². The molecule has 4 N–H and O–H groups in total. The molecule has 208 valence electrons. The zero-order chi connectivity index (χ0) is 28.7. The second-order valence-electron chi connectivity index (χ2n) is 10.6. The van der Waals surface area contributed by atoms with Crippen molar-refractivity contribution in [2.75, 3.05) is 6.54 Å². The van der Waals surface area contributed by atoms with Crippen LogP contribution in [0.25, 0.3) is 10.9 Å². The van der Waals surface area contributed by atoms with Gasteiger partial charge in [0.25, 0.3) is 5.91 Å². The molecule has 1 aromatic heterocycles. The third-order valence-electron chi connectivity index (χ3n) is 6.15. The first kappa shape index (κ1) is 28.4. The molecule has 8 heteroatoms. The van der Waals surface area contributed by atoms with Crippen LogP contribution in [0.5, 0.6) is 5.88 Å². The summed E-state index contributed by atoms with van der Waals surface area (Å²) in [6, 6.07) is 22.4. The maximum Gasteiger partial charge on any atom is 0.407 e. The highest BCUT2D eigenvalue weighted by Crippen LogP contribution is 2.32. The number of aliphatic imine (C=N–C) groups is 1. The number of alkyl carbamates (subject to hydrolysis) is 1. The lowest BCUT2D eigenvalue weighted by Crippen LogP contribution is -2.32. The second-order valence-corrected chi connectivity index (χ2v) is 10.6. The van der Waals surface area contributed by atoms with Crippen molar-refractivity contribution in [3.8, 4) is 5.88 Å².